The molecule has 2 unspecified atom stereocenters. The maximum atomic E-state index is 10.6. The molecule has 0 spiro atoms. The van der Waals surface area contributed by atoms with Crippen molar-refractivity contribution in [2.45, 2.75) is 32.4 Å². The zero-order chi connectivity index (χ0) is 19.3. The number of nitrogens with zero attached hydrogens (tertiary/aromatic N) is 1. The molecule has 0 radical (unpaired) electrons. The Labute approximate surface area is 183 Å². The third-order valence-electron chi connectivity index (χ3n) is 4.57. The van der Waals surface area contributed by atoms with Gasteiger partial charge >= 0.3 is 0 Å². The van der Waals surface area contributed by atoms with Crippen molar-refractivity contribution >= 4 is 40.7 Å². The third kappa shape index (κ3) is 5.48. The number of hydrogen-bond donors (Lipinski definition) is 3. The Hall–Kier alpha value is -2.06. The van der Waals surface area contributed by atoms with Crippen LogP contribution in [0.5, 0.6) is 0 Å². The summed E-state index contributed by atoms with van der Waals surface area (Å²) in [7, 11) is 0. The van der Waals surface area contributed by atoms with E-state index >= 15 is 0 Å². The van der Waals surface area contributed by atoms with Crippen LogP contribution in [0.25, 0.3) is 10.8 Å². The molecule has 3 aromatic rings. The van der Waals surface area contributed by atoms with Gasteiger partial charge in [0.15, 0.2) is 5.96 Å². The molecule has 3 rings (SSSR count). The SMILES string of the molecule is CCNC(=NCC(C)(O)c1ccco1)NC(C)c1ccc2ccccc2c1.I. The van der Waals surface area contributed by atoms with Gasteiger partial charge in [0.05, 0.1) is 18.8 Å². The first-order chi connectivity index (χ1) is 13.0. The monoisotopic (exact) mass is 493 g/mol. The predicted octanol–water partition coefficient (Wildman–Crippen LogP) is 4.57. The lowest BCUT2D eigenvalue weighted by molar-refractivity contribution is 0.0437. The molecule has 5 nitrogen and oxygen atoms in total. The fraction of sp³-hybridized carbons (Fsp3) is 0.318. The van der Waals surface area contributed by atoms with Crippen LogP contribution < -0.4 is 10.6 Å². The number of halogens is 1. The topological polar surface area (TPSA) is 69.8 Å². The highest BCUT2D eigenvalue weighted by Gasteiger charge is 2.26. The van der Waals surface area contributed by atoms with E-state index in [0.29, 0.717) is 11.7 Å². The van der Waals surface area contributed by atoms with Crippen LogP contribution in [0.2, 0.25) is 0 Å². The van der Waals surface area contributed by atoms with Gasteiger partial charge in [-0.2, -0.15) is 0 Å². The van der Waals surface area contributed by atoms with Crippen molar-refractivity contribution in [3.63, 3.8) is 0 Å². The van der Waals surface area contributed by atoms with E-state index in [1.54, 1.807) is 25.3 Å². The Morgan fingerprint density at radius 3 is 2.57 bits per heavy atom. The molecule has 1 heterocycles. The molecule has 150 valence electrons. The van der Waals surface area contributed by atoms with Gasteiger partial charge in [-0.1, -0.05) is 36.4 Å². The van der Waals surface area contributed by atoms with E-state index in [4.69, 9.17) is 4.42 Å². The molecule has 0 fully saturated rings. The highest BCUT2D eigenvalue weighted by Crippen LogP contribution is 2.22. The lowest BCUT2D eigenvalue weighted by Gasteiger charge is -2.22. The van der Waals surface area contributed by atoms with Gasteiger partial charge in [0.25, 0.3) is 0 Å². The normalized spacial score (nSPS) is 14.8. The standard InChI is InChI=1S/C22H27N3O2.HI/c1-4-23-21(24-15-22(3,26)20-10-7-13-27-20)25-16(2)18-12-11-17-8-5-6-9-19(17)14-18;/h5-14,16,26H,4,15H2,1-3H3,(H2,23,24,25);1H. The van der Waals surface area contributed by atoms with E-state index in [1.165, 1.54) is 16.3 Å². The Morgan fingerprint density at radius 2 is 1.89 bits per heavy atom. The second-order valence-electron chi connectivity index (χ2n) is 6.92. The number of nitrogens with one attached hydrogen (secondary N) is 2. The van der Waals surface area contributed by atoms with Gasteiger partial charge in [0.2, 0.25) is 0 Å². The van der Waals surface area contributed by atoms with Crippen molar-refractivity contribution in [1.29, 1.82) is 0 Å². The summed E-state index contributed by atoms with van der Waals surface area (Å²) in [5.41, 5.74) is 0.0231. The summed E-state index contributed by atoms with van der Waals surface area (Å²) in [5.74, 6) is 1.16. The van der Waals surface area contributed by atoms with E-state index in [9.17, 15) is 5.11 Å². The average Bonchev–Trinajstić information content (AvgIpc) is 3.22. The molecule has 3 N–H and O–H groups in total. The van der Waals surface area contributed by atoms with Gasteiger partial charge in [-0.25, -0.2) is 4.99 Å². The number of rotatable bonds is 6. The van der Waals surface area contributed by atoms with E-state index in [-0.39, 0.29) is 36.6 Å². The molecule has 1 aromatic heterocycles. The second-order valence-corrected chi connectivity index (χ2v) is 6.92. The second kappa shape index (κ2) is 9.93. The number of fused-ring (bicyclic) bond motifs is 1. The highest BCUT2D eigenvalue weighted by atomic mass is 127. The number of furan rings is 1. The molecule has 0 saturated heterocycles. The largest absolute Gasteiger partial charge is 0.466 e. The molecule has 0 aliphatic heterocycles. The summed E-state index contributed by atoms with van der Waals surface area (Å²) in [6, 6.07) is 18.4. The summed E-state index contributed by atoms with van der Waals surface area (Å²) in [4.78, 5) is 4.55. The third-order valence-corrected chi connectivity index (χ3v) is 4.57. The molecule has 6 heteroatoms. The van der Waals surface area contributed by atoms with Crippen LogP contribution in [0, 0.1) is 0 Å². The van der Waals surface area contributed by atoms with Crippen molar-refractivity contribution in [2.24, 2.45) is 4.99 Å². The van der Waals surface area contributed by atoms with E-state index < -0.39 is 5.60 Å². The molecule has 0 aliphatic carbocycles. The first-order valence-corrected chi connectivity index (χ1v) is 9.29. The van der Waals surface area contributed by atoms with Crippen LogP contribution in [0.3, 0.4) is 0 Å². The summed E-state index contributed by atoms with van der Waals surface area (Å²) in [5, 5.41) is 19.7. The Balaban J connectivity index is 0.00000280. The predicted molar refractivity (Wildman–Crippen MR) is 125 cm³/mol. The highest BCUT2D eigenvalue weighted by molar-refractivity contribution is 14.0. The number of aliphatic imine (C=N–C) groups is 1. The van der Waals surface area contributed by atoms with Crippen LogP contribution in [0.15, 0.2) is 70.3 Å². The first kappa shape index (κ1) is 22.2. The molecule has 0 amide bonds. The number of guanidine groups is 1. The van der Waals surface area contributed by atoms with Gasteiger partial charge in [0, 0.05) is 6.54 Å². The van der Waals surface area contributed by atoms with Gasteiger partial charge in [-0.15, -0.1) is 24.0 Å². The summed E-state index contributed by atoms with van der Waals surface area (Å²) < 4.78 is 5.32. The van der Waals surface area contributed by atoms with Crippen molar-refractivity contribution in [2.75, 3.05) is 13.1 Å². The van der Waals surface area contributed by atoms with Crippen molar-refractivity contribution in [3.05, 3.63) is 72.2 Å². The van der Waals surface area contributed by atoms with Gasteiger partial charge in [-0.05, 0) is 55.3 Å². The molecule has 0 saturated carbocycles. The van der Waals surface area contributed by atoms with Crippen LogP contribution in [0.1, 0.15) is 38.1 Å². The van der Waals surface area contributed by atoms with Crippen molar-refractivity contribution < 1.29 is 9.52 Å². The van der Waals surface area contributed by atoms with E-state index in [0.717, 1.165) is 6.54 Å². The van der Waals surface area contributed by atoms with Crippen LogP contribution in [-0.4, -0.2) is 24.2 Å². The zero-order valence-electron chi connectivity index (χ0n) is 16.5. The Morgan fingerprint density at radius 1 is 1.14 bits per heavy atom. The summed E-state index contributed by atoms with van der Waals surface area (Å²) in [6.45, 7) is 6.75. The lowest BCUT2D eigenvalue weighted by Crippen LogP contribution is -2.40. The average molecular weight is 493 g/mol. The number of hydrogen-bond acceptors (Lipinski definition) is 3. The van der Waals surface area contributed by atoms with Gasteiger partial charge in [0.1, 0.15) is 11.4 Å². The fourth-order valence-electron chi connectivity index (χ4n) is 2.98. The van der Waals surface area contributed by atoms with Crippen LogP contribution in [-0.2, 0) is 5.60 Å². The number of aliphatic hydroxyl groups is 1. The molecular formula is C22H28IN3O2. The Bertz CT molecular complexity index is 907. The minimum absolute atomic E-state index is 0. The maximum absolute atomic E-state index is 10.6. The molecule has 2 atom stereocenters. The van der Waals surface area contributed by atoms with Crippen molar-refractivity contribution in [3.8, 4) is 0 Å². The molecule has 28 heavy (non-hydrogen) atoms. The van der Waals surface area contributed by atoms with Gasteiger partial charge in [-0.3, -0.25) is 0 Å². The maximum Gasteiger partial charge on any atom is 0.191 e. The van der Waals surface area contributed by atoms with E-state index in [1.807, 2.05) is 19.1 Å². The fourth-order valence-corrected chi connectivity index (χ4v) is 2.98. The lowest BCUT2D eigenvalue weighted by atomic mass is 10.0. The van der Waals surface area contributed by atoms with Crippen LogP contribution >= 0.6 is 24.0 Å². The van der Waals surface area contributed by atoms with E-state index in [2.05, 4.69) is 52.9 Å². The van der Waals surface area contributed by atoms with Gasteiger partial charge < -0.3 is 20.2 Å². The molecular weight excluding hydrogens is 465 g/mol. The quantitative estimate of drug-likeness (QED) is 0.267. The minimum Gasteiger partial charge on any atom is -0.466 e. The summed E-state index contributed by atoms with van der Waals surface area (Å²) in [6.07, 6.45) is 1.55. The Kier molecular flexibility index (Phi) is 7.88. The van der Waals surface area contributed by atoms with Crippen LogP contribution in [0.4, 0.5) is 0 Å². The molecule has 2 aromatic carbocycles. The first-order valence-electron chi connectivity index (χ1n) is 9.29. The zero-order valence-corrected chi connectivity index (χ0v) is 18.8. The molecule has 0 aliphatic rings. The molecule has 0 bridgehead atoms. The minimum atomic E-state index is -1.15. The van der Waals surface area contributed by atoms with Crippen molar-refractivity contribution in [1.82, 2.24) is 10.6 Å². The number of benzene rings is 2. The smallest absolute Gasteiger partial charge is 0.191 e. The summed E-state index contributed by atoms with van der Waals surface area (Å²) >= 11 is 0.